The highest BCUT2D eigenvalue weighted by molar-refractivity contribution is 7.89. The average Bonchev–Trinajstić information content (AvgIpc) is 3.23. The minimum atomic E-state index is -3.44. The van der Waals surface area contributed by atoms with Crippen molar-refractivity contribution in [3.8, 4) is 0 Å². The maximum Gasteiger partial charge on any atom is 0.243 e. The number of benzene rings is 1. The Hall–Kier alpha value is -0.620. The lowest BCUT2D eigenvalue weighted by atomic mass is 10.2. The van der Waals surface area contributed by atoms with Gasteiger partial charge in [0, 0.05) is 11.6 Å². The van der Waals surface area contributed by atoms with E-state index in [9.17, 15) is 8.42 Å². The SMILES string of the molecule is O=S(=O)(c1ccc(Cl)cc1)N1CCOC[C@H]1C1CC1. The van der Waals surface area contributed by atoms with Gasteiger partial charge in [-0.05, 0) is 43.0 Å². The predicted molar refractivity (Wildman–Crippen MR) is 72.7 cm³/mol. The number of halogens is 1. The summed E-state index contributed by atoms with van der Waals surface area (Å²) in [5.41, 5.74) is 0. The molecular weight excluding hydrogens is 286 g/mol. The van der Waals surface area contributed by atoms with Gasteiger partial charge in [0.2, 0.25) is 10.0 Å². The third-order valence-corrected chi connectivity index (χ3v) is 5.89. The molecule has 2 fully saturated rings. The molecule has 4 nitrogen and oxygen atoms in total. The zero-order valence-corrected chi connectivity index (χ0v) is 12.0. The van der Waals surface area contributed by atoms with Crippen LogP contribution in [0.3, 0.4) is 0 Å². The van der Waals surface area contributed by atoms with Crippen LogP contribution < -0.4 is 0 Å². The van der Waals surface area contributed by atoms with Crippen LogP contribution in [0.1, 0.15) is 12.8 Å². The molecule has 1 atom stereocenters. The fraction of sp³-hybridized carbons (Fsp3) is 0.538. The first-order valence-electron chi connectivity index (χ1n) is 6.44. The molecule has 1 aliphatic heterocycles. The van der Waals surface area contributed by atoms with Gasteiger partial charge in [-0.1, -0.05) is 11.6 Å². The third kappa shape index (κ3) is 2.65. The van der Waals surface area contributed by atoms with Crippen molar-refractivity contribution >= 4 is 21.6 Å². The Kier molecular flexibility index (Phi) is 3.55. The van der Waals surface area contributed by atoms with Crippen molar-refractivity contribution in [2.24, 2.45) is 5.92 Å². The lowest BCUT2D eigenvalue weighted by Gasteiger charge is -2.34. The van der Waals surface area contributed by atoms with E-state index in [2.05, 4.69) is 0 Å². The number of rotatable bonds is 3. The summed E-state index contributed by atoms with van der Waals surface area (Å²) in [4.78, 5) is 0.310. The first kappa shape index (κ1) is 13.4. The number of hydrogen-bond donors (Lipinski definition) is 0. The lowest BCUT2D eigenvalue weighted by Crippen LogP contribution is -2.49. The fourth-order valence-corrected chi connectivity index (χ4v) is 4.28. The van der Waals surface area contributed by atoms with E-state index >= 15 is 0 Å². The Morgan fingerprint density at radius 3 is 2.53 bits per heavy atom. The zero-order chi connectivity index (χ0) is 13.5. The van der Waals surface area contributed by atoms with Crippen molar-refractivity contribution in [2.45, 2.75) is 23.8 Å². The first-order valence-corrected chi connectivity index (χ1v) is 8.26. The molecule has 0 aromatic heterocycles. The maximum absolute atomic E-state index is 12.7. The highest BCUT2D eigenvalue weighted by Crippen LogP contribution is 2.38. The molecule has 6 heteroatoms. The van der Waals surface area contributed by atoms with Gasteiger partial charge in [-0.2, -0.15) is 4.31 Å². The molecule has 0 bridgehead atoms. The van der Waals surface area contributed by atoms with Gasteiger partial charge in [-0.3, -0.25) is 0 Å². The van der Waals surface area contributed by atoms with Crippen molar-refractivity contribution in [3.63, 3.8) is 0 Å². The number of hydrogen-bond acceptors (Lipinski definition) is 3. The summed E-state index contributed by atoms with van der Waals surface area (Å²) in [6.07, 6.45) is 2.20. The maximum atomic E-state index is 12.7. The van der Waals surface area contributed by atoms with E-state index in [4.69, 9.17) is 16.3 Å². The summed E-state index contributed by atoms with van der Waals surface area (Å²) in [5.74, 6) is 0.461. The number of ether oxygens (including phenoxy) is 1. The van der Waals surface area contributed by atoms with Gasteiger partial charge in [-0.15, -0.1) is 0 Å². The second-order valence-electron chi connectivity index (χ2n) is 5.05. The standard InChI is InChI=1S/C13H16ClNO3S/c14-11-3-5-12(6-4-11)19(16,17)15-7-8-18-9-13(15)10-1-2-10/h3-6,10,13H,1-2,7-9H2/t13-/m0/s1. The first-order chi connectivity index (χ1) is 9.09. The number of sulfonamides is 1. The molecule has 1 aliphatic carbocycles. The molecule has 0 N–H and O–H groups in total. The Bertz CT molecular complexity index is 554. The molecule has 0 spiro atoms. The summed E-state index contributed by atoms with van der Waals surface area (Å²) in [7, 11) is -3.44. The second kappa shape index (κ2) is 5.05. The van der Waals surface area contributed by atoms with Crippen LogP contribution in [0.15, 0.2) is 29.2 Å². The highest BCUT2D eigenvalue weighted by atomic mass is 35.5. The molecule has 3 rings (SSSR count). The monoisotopic (exact) mass is 301 g/mol. The van der Waals surface area contributed by atoms with Gasteiger partial charge < -0.3 is 4.74 Å². The van der Waals surface area contributed by atoms with E-state index in [0.717, 1.165) is 12.8 Å². The van der Waals surface area contributed by atoms with Gasteiger partial charge in [0.15, 0.2) is 0 Å². The van der Waals surface area contributed by atoms with E-state index in [-0.39, 0.29) is 6.04 Å². The van der Waals surface area contributed by atoms with Crippen LogP contribution in [0.4, 0.5) is 0 Å². The minimum absolute atomic E-state index is 0.00516. The van der Waals surface area contributed by atoms with E-state index in [0.29, 0.717) is 35.6 Å². The predicted octanol–water partition coefficient (Wildman–Crippen LogP) is 2.14. The Morgan fingerprint density at radius 2 is 1.89 bits per heavy atom. The number of morpholine rings is 1. The smallest absolute Gasteiger partial charge is 0.243 e. The van der Waals surface area contributed by atoms with Crippen LogP contribution in [0.5, 0.6) is 0 Å². The molecule has 104 valence electrons. The van der Waals surface area contributed by atoms with Crippen LogP contribution >= 0.6 is 11.6 Å². The second-order valence-corrected chi connectivity index (χ2v) is 7.38. The molecule has 1 saturated heterocycles. The van der Waals surface area contributed by atoms with Crippen molar-refractivity contribution in [1.29, 1.82) is 0 Å². The molecule has 1 aromatic carbocycles. The van der Waals surface area contributed by atoms with Gasteiger partial charge in [0.1, 0.15) is 0 Å². The molecule has 1 heterocycles. The highest BCUT2D eigenvalue weighted by Gasteiger charge is 2.42. The average molecular weight is 302 g/mol. The van der Waals surface area contributed by atoms with Gasteiger partial charge in [0.05, 0.1) is 24.2 Å². The number of nitrogens with zero attached hydrogens (tertiary/aromatic N) is 1. The van der Waals surface area contributed by atoms with Crippen LogP contribution in [0.2, 0.25) is 5.02 Å². The molecule has 0 unspecified atom stereocenters. The van der Waals surface area contributed by atoms with Crippen LogP contribution in [-0.2, 0) is 14.8 Å². The van der Waals surface area contributed by atoms with Crippen molar-refractivity contribution < 1.29 is 13.2 Å². The molecule has 2 aliphatic rings. The van der Waals surface area contributed by atoms with Gasteiger partial charge in [-0.25, -0.2) is 8.42 Å². The summed E-state index contributed by atoms with van der Waals surface area (Å²) < 4.78 is 32.4. The minimum Gasteiger partial charge on any atom is -0.378 e. The van der Waals surface area contributed by atoms with E-state index < -0.39 is 10.0 Å². The zero-order valence-electron chi connectivity index (χ0n) is 10.5. The largest absolute Gasteiger partial charge is 0.378 e. The van der Waals surface area contributed by atoms with E-state index in [1.165, 1.54) is 0 Å². The Labute approximate surface area is 118 Å². The van der Waals surface area contributed by atoms with Crippen LogP contribution in [0, 0.1) is 5.92 Å². The summed E-state index contributed by atoms with van der Waals surface area (Å²) in [6.45, 7) is 1.42. The molecule has 19 heavy (non-hydrogen) atoms. The Morgan fingerprint density at radius 1 is 1.21 bits per heavy atom. The lowest BCUT2D eigenvalue weighted by molar-refractivity contribution is 0.0247. The normalized spacial score (nSPS) is 25.4. The van der Waals surface area contributed by atoms with Crippen molar-refractivity contribution in [1.82, 2.24) is 4.31 Å². The molecule has 0 amide bonds. The molecule has 1 saturated carbocycles. The molecule has 0 radical (unpaired) electrons. The van der Waals surface area contributed by atoms with E-state index in [1.54, 1.807) is 28.6 Å². The Balaban J connectivity index is 1.91. The van der Waals surface area contributed by atoms with Crippen LogP contribution in [0.25, 0.3) is 0 Å². The quantitative estimate of drug-likeness (QED) is 0.859. The summed E-state index contributed by atoms with van der Waals surface area (Å²) in [6, 6.07) is 6.35. The van der Waals surface area contributed by atoms with Crippen molar-refractivity contribution in [3.05, 3.63) is 29.3 Å². The summed E-state index contributed by atoms with van der Waals surface area (Å²) in [5, 5.41) is 0.541. The summed E-state index contributed by atoms with van der Waals surface area (Å²) >= 11 is 5.81. The van der Waals surface area contributed by atoms with E-state index in [1.807, 2.05) is 0 Å². The van der Waals surface area contributed by atoms with Gasteiger partial charge in [0.25, 0.3) is 0 Å². The third-order valence-electron chi connectivity index (χ3n) is 3.70. The van der Waals surface area contributed by atoms with Crippen LogP contribution in [-0.4, -0.2) is 38.5 Å². The molecule has 1 aromatic rings. The topological polar surface area (TPSA) is 46.6 Å². The fourth-order valence-electron chi connectivity index (χ4n) is 2.50. The van der Waals surface area contributed by atoms with Gasteiger partial charge >= 0.3 is 0 Å². The molecular formula is C13H16ClNO3S. The van der Waals surface area contributed by atoms with Crippen molar-refractivity contribution in [2.75, 3.05) is 19.8 Å².